The zero-order chi connectivity index (χ0) is 17.5. The van der Waals surface area contributed by atoms with E-state index in [4.69, 9.17) is 4.74 Å². The van der Waals surface area contributed by atoms with Gasteiger partial charge in [0, 0.05) is 31.1 Å². The number of ketones is 1. The maximum absolute atomic E-state index is 12.3. The number of rotatable bonds is 7. The second kappa shape index (κ2) is 9.82. The molecule has 0 aliphatic heterocycles. The molecule has 0 radical (unpaired) electrons. The van der Waals surface area contributed by atoms with Crippen LogP contribution in [0.2, 0.25) is 0 Å². The number of ether oxygens (including phenoxy) is 1. The Morgan fingerprint density at radius 1 is 1.08 bits per heavy atom. The quantitative estimate of drug-likeness (QED) is 0.670. The van der Waals surface area contributed by atoms with Gasteiger partial charge in [0.25, 0.3) is 0 Å². The van der Waals surface area contributed by atoms with E-state index in [2.05, 4.69) is 13.0 Å². The van der Waals surface area contributed by atoms with Gasteiger partial charge in [-0.15, -0.1) is 0 Å². The average Bonchev–Trinajstić information content (AvgIpc) is 2.61. The van der Waals surface area contributed by atoms with Crippen LogP contribution in [0, 0.1) is 0 Å². The van der Waals surface area contributed by atoms with Gasteiger partial charge in [0.2, 0.25) is 5.91 Å². The van der Waals surface area contributed by atoms with Gasteiger partial charge in [-0.2, -0.15) is 0 Å². The molecule has 0 bridgehead atoms. The third-order valence-electron chi connectivity index (χ3n) is 4.35. The first-order valence-corrected chi connectivity index (χ1v) is 8.31. The van der Waals surface area contributed by atoms with Gasteiger partial charge in [-0.05, 0) is 56.5 Å². The van der Waals surface area contributed by atoms with Crippen LogP contribution in [-0.4, -0.2) is 30.7 Å². The topological polar surface area (TPSA) is 46.6 Å². The van der Waals surface area contributed by atoms with Crippen LogP contribution in [0.3, 0.4) is 0 Å². The molecule has 0 saturated carbocycles. The Balaban J connectivity index is 0.00000312. The molecule has 0 atom stereocenters. The predicted octanol–water partition coefficient (Wildman–Crippen LogP) is 4.77. The number of nitrogens with zero attached hydrogens (tertiary/aromatic N) is 1. The molecule has 0 heterocycles. The molecule has 0 saturated heterocycles. The highest BCUT2D eigenvalue weighted by Gasteiger charge is 2.15. The first kappa shape index (κ1) is 20.7. The normalized spacial score (nSPS) is 13.2. The first-order chi connectivity index (χ1) is 11.5. The lowest BCUT2D eigenvalue weighted by Gasteiger charge is -2.23. The lowest BCUT2D eigenvalue weighted by molar-refractivity contribution is -0.128. The van der Waals surface area contributed by atoms with Gasteiger partial charge in [0.05, 0.1) is 7.11 Å². The summed E-state index contributed by atoms with van der Waals surface area (Å²) in [4.78, 5) is 26.1. The molecule has 0 aromatic heterocycles. The molecule has 4 nitrogen and oxygen atoms in total. The van der Waals surface area contributed by atoms with E-state index in [9.17, 15) is 9.59 Å². The fourth-order valence-corrected chi connectivity index (χ4v) is 2.66. The minimum absolute atomic E-state index is 0. The molecular weight excluding hydrogens is 314 g/mol. The van der Waals surface area contributed by atoms with E-state index >= 15 is 0 Å². The van der Waals surface area contributed by atoms with Gasteiger partial charge in [-0.3, -0.25) is 9.59 Å². The third kappa shape index (κ3) is 5.89. The molecule has 0 spiro atoms. The van der Waals surface area contributed by atoms with Crippen LogP contribution >= 0.6 is 0 Å². The second-order valence-corrected chi connectivity index (χ2v) is 6.13. The van der Waals surface area contributed by atoms with Crippen LogP contribution in [-0.2, 0) is 4.79 Å². The number of hydrogen-bond donors (Lipinski definition) is 0. The molecular formula is C21H29NO3. The van der Waals surface area contributed by atoms with Crippen LogP contribution in [0.5, 0.6) is 5.75 Å². The molecule has 1 aromatic rings. The summed E-state index contributed by atoms with van der Waals surface area (Å²) in [6, 6.07) is 7.07. The largest absolute Gasteiger partial charge is 0.497 e. The van der Waals surface area contributed by atoms with Crippen molar-refractivity contribution in [3.8, 4) is 5.75 Å². The van der Waals surface area contributed by atoms with E-state index in [1.165, 1.54) is 5.57 Å². The van der Waals surface area contributed by atoms with Crippen molar-refractivity contribution >= 4 is 11.7 Å². The molecule has 1 amide bonds. The lowest BCUT2D eigenvalue weighted by Crippen LogP contribution is -2.26. The smallest absolute Gasteiger partial charge is 0.226 e. The maximum atomic E-state index is 12.3. The molecule has 136 valence electrons. The molecule has 1 aliphatic carbocycles. The number of carbonyl (C=O) groups is 2. The van der Waals surface area contributed by atoms with Gasteiger partial charge in [0.15, 0.2) is 5.78 Å². The fourth-order valence-electron chi connectivity index (χ4n) is 2.66. The number of methoxy groups -OCH3 is 1. The molecule has 1 aromatic carbocycles. The van der Waals surface area contributed by atoms with Gasteiger partial charge in [-0.1, -0.05) is 19.1 Å². The molecule has 1 aliphatic rings. The van der Waals surface area contributed by atoms with Crippen molar-refractivity contribution < 1.29 is 14.3 Å². The number of carbonyl (C=O) groups excluding carboxylic acids is 2. The van der Waals surface area contributed by atoms with Crippen molar-refractivity contribution in [1.82, 2.24) is 4.90 Å². The summed E-state index contributed by atoms with van der Waals surface area (Å²) in [6.45, 7) is 2.10. The summed E-state index contributed by atoms with van der Waals surface area (Å²) in [7, 11) is 3.41. The summed E-state index contributed by atoms with van der Waals surface area (Å²) in [6.07, 6.45) is 7.31. The van der Waals surface area contributed by atoms with Crippen molar-refractivity contribution in [2.24, 2.45) is 0 Å². The SMILES string of the molecule is C.COc1ccc(C(=O)CCCC(=O)N(C)C2=CC=C(C)CC2)cc1. The minimum Gasteiger partial charge on any atom is -0.497 e. The van der Waals surface area contributed by atoms with Crippen molar-refractivity contribution in [2.75, 3.05) is 14.2 Å². The van der Waals surface area contributed by atoms with E-state index in [-0.39, 0.29) is 19.1 Å². The second-order valence-electron chi connectivity index (χ2n) is 6.13. The van der Waals surface area contributed by atoms with Crippen LogP contribution < -0.4 is 4.74 Å². The van der Waals surface area contributed by atoms with Gasteiger partial charge in [0.1, 0.15) is 5.75 Å². The van der Waals surface area contributed by atoms with Crippen molar-refractivity contribution in [3.63, 3.8) is 0 Å². The molecule has 0 N–H and O–H groups in total. The highest BCUT2D eigenvalue weighted by molar-refractivity contribution is 5.96. The Labute approximate surface area is 151 Å². The number of amides is 1. The van der Waals surface area contributed by atoms with E-state index in [0.29, 0.717) is 24.8 Å². The Morgan fingerprint density at radius 2 is 1.76 bits per heavy atom. The number of benzene rings is 1. The van der Waals surface area contributed by atoms with Crippen molar-refractivity contribution in [3.05, 3.63) is 53.3 Å². The van der Waals surface area contributed by atoms with E-state index < -0.39 is 0 Å². The van der Waals surface area contributed by atoms with Crippen molar-refractivity contribution in [2.45, 2.75) is 46.5 Å². The van der Waals surface area contributed by atoms with Crippen molar-refractivity contribution in [1.29, 1.82) is 0 Å². The summed E-state index contributed by atoms with van der Waals surface area (Å²) in [5.41, 5.74) is 3.05. The molecule has 0 unspecified atom stereocenters. The third-order valence-corrected chi connectivity index (χ3v) is 4.35. The Morgan fingerprint density at radius 3 is 2.32 bits per heavy atom. The van der Waals surface area contributed by atoms with Gasteiger partial charge >= 0.3 is 0 Å². The standard InChI is InChI=1S/C20H25NO3.CH4/c1-15-7-11-17(12-8-15)21(2)20(23)6-4-5-19(22)16-9-13-18(24-3)14-10-16;/h7,9-11,13-14H,4-6,8,12H2,1-3H3;1H4. The average molecular weight is 343 g/mol. The van der Waals surface area contributed by atoms with E-state index in [1.54, 1.807) is 36.3 Å². The van der Waals surface area contributed by atoms with Crippen LogP contribution in [0.4, 0.5) is 0 Å². The highest BCUT2D eigenvalue weighted by atomic mass is 16.5. The molecule has 4 heteroatoms. The fraction of sp³-hybridized carbons (Fsp3) is 0.429. The maximum Gasteiger partial charge on any atom is 0.226 e. The molecule has 25 heavy (non-hydrogen) atoms. The summed E-state index contributed by atoms with van der Waals surface area (Å²) in [5.74, 6) is 0.855. The minimum atomic E-state index is 0. The highest BCUT2D eigenvalue weighted by Crippen LogP contribution is 2.21. The predicted molar refractivity (Wildman–Crippen MR) is 102 cm³/mol. The number of Topliss-reactive ketones (excluding diaryl/α,β-unsaturated/α-hetero) is 1. The summed E-state index contributed by atoms with van der Waals surface area (Å²) >= 11 is 0. The Bertz CT molecular complexity index is 656. The zero-order valence-corrected chi connectivity index (χ0v) is 14.7. The van der Waals surface area contributed by atoms with Gasteiger partial charge in [-0.25, -0.2) is 0 Å². The first-order valence-electron chi connectivity index (χ1n) is 8.31. The number of hydrogen-bond acceptors (Lipinski definition) is 3. The number of allylic oxidation sites excluding steroid dienone is 4. The summed E-state index contributed by atoms with van der Waals surface area (Å²) in [5, 5.41) is 0. The Hall–Kier alpha value is -2.36. The van der Waals surface area contributed by atoms with E-state index in [0.717, 1.165) is 24.3 Å². The monoisotopic (exact) mass is 343 g/mol. The zero-order valence-electron chi connectivity index (χ0n) is 14.7. The molecule has 2 rings (SSSR count). The van der Waals surface area contributed by atoms with Crippen LogP contribution in [0.15, 0.2) is 47.7 Å². The molecule has 0 fully saturated rings. The Kier molecular flexibility index (Phi) is 8.12. The summed E-state index contributed by atoms with van der Waals surface area (Å²) < 4.78 is 5.08. The van der Waals surface area contributed by atoms with E-state index in [1.807, 2.05) is 13.1 Å². The van der Waals surface area contributed by atoms with Gasteiger partial charge < -0.3 is 9.64 Å². The lowest BCUT2D eigenvalue weighted by atomic mass is 10.0. The van der Waals surface area contributed by atoms with Crippen LogP contribution in [0.25, 0.3) is 0 Å². The van der Waals surface area contributed by atoms with Crippen LogP contribution in [0.1, 0.15) is 56.8 Å².